The maximum atomic E-state index is 10.6. The van der Waals surface area contributed by atoms with Gasteiger partial charge in [-0.15, -0.1) is 0 Å². The van der Waals surface area contributed by atoms with Gasteiger partial charge in [-0.2, -0.15) is 0 Å². The number of hydrogen-bond donors (Lipinski definition) is 1. The van der Waals surface area contributed by atoms with Crippen molar-refractivity contribution in [2.24, 2.45) is 0 Å². The molecule has 0 unspecified atom stereocenters. The first-order valence-electron chi connectivity index (χ1n) is 4.96. The first-order valence-corrected chi connectivity index (χ1v) is 4.96. The van der Waals surface area contributed by atoms with Crippen LogP contribution in [0.4, 0.5) is 0 Å². The average Bonchev–Trinajstić information content (AvgIpc) is 2.16. The average molecular weight is 208 g/mol. The minimum atomic E-state index is -0.794. The van der Waals surface area contributed by atoms with Crippen LogP contribution in [-0.2, 0) is 11.3 Å². The van der Waals surface area contributed by atoms with E-state index in [9.17, 15) is 4.79 Å². The SMILES string of the molecule is CCN(CC(=O)O)Cc1cncc(C)c1. The van der Waals surface area contributed by atoms with Gasteiger partial charge in [0.2, 0.25) is 0 Å². The Morgan fingerprint density at radius 3 is 2.80 bits per heavy atom. The zero-order valence-corrected chi connectivity index (χ0v) is 9.10. The molecule has 0 saturated heterocycles. The Morgan fingerprint density at radius 1 is 1.53 bits per heavy atom. The van der Waals surface area contributed by atoms with Crippen LogP contribution in [0.5, 0.6) is 0 Å². The number of aromatic nitrogens is 1. The molecule has 1 aromatic heterocycles. The van der Waals surface area contributed by atoms with E-state index in [2.05, 4.69) is 4.98 Å². The summed E-state index contributed by atoms with van der Waals surface area (Å²) >= 11 is 0. The maximum Gasteiger partial charge on any atom is 0.317 e. The van der Waals surface area contributed by atoms with Gasteiger partial charge in [0.25, 0.3) is 0 Å². The van der Waals surface area contributed by atoms with Gasteiger partial charge in [0.05, 0.1) is 6.54 Å². The van der Waals surface area contributed by atoms with Crippen LogP contribution in [0.2, 0.25) is 0 Å². The van der Waals surface area contributed by atoms with Gasteiger partial charge in [-0.25, -0.2) is 0 Å². The maximum absolute atomic E-state index is 10.6. The molecule has 0 aliphatic carbocycles. The topological polar surface area (TPSA) is 53.4 Å². The highest BCUT2D eigenvalue weighted by atomic mass is 16.4. The summed E-state index contributed by atoms with van der Waals surface area (Å²) in [4.78, 5) is 16.5. The van der Waals surface area contributed by atoms with Gasteiger partial charge < -0.3 is 5.11 Å². The van der Waals surface area contributed by atoms with Crippen LogP contribution in [-0.4, -0.2) is 34.0 Å². The third-order valence-electron chi connectivity index (χ3n) is 2.14. The number of carboxylic acids is 1. The predicted molar refractivity (Wildman–Crippen MR) is 57.6 cm³/mol. The quantitative estimate of drug-likeness (QED) is 0.792. The number of hydrogen-bond acceptors (Lipinski definition) is 3. The molecular formula is C11H16N2O2. The van der Waals surface area contributed by atoms with Crippen LogP contribution in [0, 0.1) is 6.92 Å². The van der Waals surface area contributed by atoms with Crippen LogP contribution in [0.1, 0.15) is 18.1 Å². The van der Waals surface area contributed by atoms with Gasteiger partial charge in [-0.3, -0.25) is 14.7 Å². The Bertz CT molecular complexity index is 339. The van der Waals surface area contributed by atoms with Crippen molar-refractivity contribution < 1.29 is 9.90 Å². The van der Waals surface area contributed by atoms with E-state index in [0.29, 0.717) is 6.54 Å². The van der Waals surface area contributed by atoms with Crippen molar-refractivity contribution >= 4 is 5.97 Å². The van der Waals surface area contributed by atoms with Crippen LogP contribution in [0.3, 0.4) is 0 Å². The van der Waals surface area contributed by atoms with Gasteiger partial charge in [0.1, 0.15) is 0 Å². The molecule has 1 aromatic rings. The van der Waals surface area contributed by atoms with E-state index < -0.39 is 5.97 Å². The van der Waals surface area contributed by atoms with Crippen LogP contribution >= 0.6 is 0 Å². The molecule has 0 atom stereocenters. The lowest BCUT2D eigenvalue weighted by Gasteiger charge is -2.17. The Labute approximate surface area is 89.6 Å². The van der Waals surface area contributed by atoms with Gasteiger partial charge in [-0.05, 0) is 24.6 Å². The fourth-order valence-corrected chi connectivity index (χ4v) is 1.43. The van der Waals surface area contributed by atoms with Crippen LogP contribution in [0.25, 0.3) is 0 Å². The number of nitrogens with zero attached hydrogens (tertiary/aromatic N) is 2. The molecular weight excluding hydrogens is 192 g/mol. The summed E-state index contributed by atoms with van der Waals surface area (Å²) in [7, 11) is 0. The van der Waals surface area contributed by atoms with Crippen molar-refractivity contribution in [3.63, 3.8) is 0 Å². The highest BCUT2D eigenvalue weighted by Crippen LogP contribution is 2.05. The second-order valence-corrected chi connectivity index (χ2v) is 3.57. The van der Waals surface area contributed by atoms with Crippen LogP contribution in [0.15, 0.2) is 18.5 Å². The largest absolute Gasteiger partial charge is 0.480 e. The second-order valence-electron chi connectivity index (χ2n) is 3.57. The van der Waals surface area contributed by atoms with Crippen molar-refractivity contribution in [1.82, 2.24) is 9.88 Å². The molecule has 4 nitrogen and oxygen atoms in total. The summed E-state index contributed by atoms with van der Waals surface area (Å²) < 4.78 is 0. The summed E-state index contributed by atoms with van der Waals surface area (Å²) in [6.07, 6.45) is 3.56. The number of carboxylic acid groups (broad SMARTS) is 1. The summed E-state index contributed by atoms with van der Waals surface area (Å²) in [5.41, 5.74) is 2.15. The number of pyridine rings is 1. The van der Waals surface area contributed by atoms with Crippen molar-refractivity contribution in [2.75, 3.05) is 13.1 Å². The smallest absolute Gasteiger partial charge is 0.317 e. The van der Waals surface area contributed by atoms with E-state index in [1.165, 1.54) is 0 Å². The van der Waals surface area contributed by atoms with E-state index >= 15 is 0 Å². The van der Waals surface area contributed by atoms with E-state index in [1.54, 1.807) is 12.4 Å². The highest BCUT2D eigenvalue weighted by Gasteiger charge is 2.08. The monoisotopic (exact) mass is 208 g/mol. The molecule has 1 rings (SSSR count). The molecule has 0 fully saturated rings. The fourth-order valence-electron chi connectivity index (χ4n) is 1.43. The van der Waals surface area contributed by atoms with E-state index in [1.807, 2.05) is 24.8 Å². The minimum Gasteiger partial charge on any atom is -0.480 e. The van der Waals surface area contributed by atoms with E-state index in [-0.39, 0.29) is 6.54 Å². The first-order chi connectivity index (χ1) is 7.11. The lowest BCUT2D eigenvalue weighted by atomic mass is 10.2. The molecule has 0 aliphatic heterocycles. The minimum absolute atomic E-state index is 0.0739. The van der Waals surface area contributed by atoms with Crippen LogP contribution < -0.4 is 0 Å². The third kappa shape index (κ3) is 4.08. The highest BCUT2D eigenvalue weighted by molar-refractivity contribution is 5.69. The fraction of sp³-hybridized carbons (Fsp3) is 0.455. The molecule has 4 heteroatoms. The molecule has 0 bridgehead atoms. The Balaban J connectivity index is 2.62. The zero-order valence-electron chi connectivity index (χ0n) is 9.10. The zero-order chi connectivity index (χ0) is 11.3. The number of aliphatic carboxylic acids is 1. The van der Waals surface area contributed by atoms with Gasteiger partial charge >= 0.3 is 5.97 Å². The molecule has 1 heterocycles. The first kappa shape index (κ1) is 11.7. The van der Waals surface area contributed by atoms with Gasteiger partial charge in [-0.1, -0.05) is 13.0 Å². The second kappa shape index (κ2) is 5.46. The molecule has 15 heavy (non-hydrogen) atoms. The molecule has 0 radical (unpaired) electrons. The molecule has 0 aromatic carbocycles. The molecule has 0 spiro atoms. The summed E-state index contributed by atoms with van der Waals surface area (Å²) in [6, 6.07) is 2.03. The van der Waals surface area contributed by atoms with E-state index in [4.69, 9.17) is 5.11 Å². The molecule has 0 aliphatic rings. The third-order valence-corrected chi connectivity index (χ3v) is 2.14. The Hall–Kier alpha value is -1.42. The predicted octanol–water partition coefficient (Wildman–Crippen LogP) is 1.30. The van der Waals surface area contributed by atoms with Gasteiger partial charge in [0.15, 0.2) is 0 Å². The summed E-state index contributed by atoms with van der Waals surface area (Å²) in [6.45, 7) is 5.36. The summed E-state index contributed by atoms with van der Waals surface area (Å²) in [5.74, 6) is -0.794. The normalized spacial score (nSPS) is 10.6. The van der Waals surface area contributed by atoms with Crippen molar-refractivity contribution in [3.8, 4) is 0 Å². The van der Waals surface area contributed by atoms with E-state index in [0.717, 1.165) is 17.7 Å². The molecule has 0 saturated carbocycles. The standard InChI is InChI=1S/C11H16N2O2/c1-3-13(8-11(14)15)7-10-4-9(2)5-12-6-10/h4-6H,3,7-8H2,1-2H3,(H,14,15). The molecule has 82 valence electrons. The van der Waals surface area contributed by atoms with Crippen molar-refractivity contribution in [3.05, 3.63) is 29.6 Å². The lowest BCUT2D eigenvalue weighted by molar-refractivity contribution is -0.138. The number of aryl methyl sites for hydroxylation is 1. The Morgan fingerprint density at radius 2 is 2.27 bits per heavy atom. The molecule has 0 amide bonds. The number of carbonyl (C=O) groups is 1. The summed E-state index contributed by atoms with van der Waals surface area (Å²) in [5, 5.41) is 8.69. The molecule has 1 N–H and O–H groups in total. The Kier molecular flexibility index (Phi) is 4.24. The van der Waals surface area contributed by atoms with Crippen molar-refractivity contribution in [2.45, 2.75) is 20.4 Å². The van der Waals surface area contributed by atoms with Gasteiger partial charge in [0, 0.05) is 18.9 Å². The number of likely N-dealkylation sites (N-methyl/N-ethyl adjacent to an activating group) is 1. The lowest BCUT2D eigenvalue weighted by Crippen LogP contribution is -2.29. The van der Waals surface area contributed by atoms with Crippen molar-refractivity contribution in [1.29, 1.82) is 0 Å². The number of rotatable bonds is 5.